The Balaban J connectivity index is 2.54. The first-order valence-corrected chi connectivity index (χ1v) is 4.89. The van der Waals surface area contributed by atoms with Crippen LogP contribution in [-0.4, -0.2) is 34.6 Å². The minimum Gasteiger partial charge on any atom is -0.462 e. The molecular weight excluding hydrogens is 245 g/mol. The summed E-state index contributed by atoms with van der Waals surface area (Å²) in [5, 5.41) is 8.38. The Hall–Kier alpha value is -1.51. The van der Waals surface area contributed by atoms with E-state index in [4.69, 9.17) is 5.11 Å². The Labute approximate surface area is 94.2 Å². The fraction of sp³-hybridized carbons (Fsp3) is 0.750. The van der Waals surface area contributed by atoms with Gasteiger partial charge in [0.25, 0.3) is 0 Å². The number of hydrogen-bond acceptors (Lipinski definition) is 4. The van der Waals surface area contributed by atoms with E-state index in [-0.39, 0.29) is 11.2 Å². The molecule has 0 aromatic heterocycles. The molecular formula is C8H11F3N2O4. The molecule has 0 radical (unpaired) electrons. The third kappa shape index (κ3) is 4.10. The average molecular weight is 256 g/mol. The second-order valence-electron chi connectivity index (χ2n) is 3.56. The summed E-state index contributed by atoms with van der Waals surface area (Å²) in [7, 11) is 0. The van der Waals surface area contributed by atoms with E-state index >= 15 is 0 Å². The van der Waals surface area contributed by atoms with Crippen LogP contribution >= 0.6 is 0 Å². The maximum Gasteiger partial charge on any atom is 0.493 e. The van der Waals surface area contributed by atoms with Gasteiger partial charge in [-0.15, -0.1) is 0 Å². The summed E-state index contributed by atoms with van der Waals surface area (Å²) < 4.78 is 35.6. The standard InChI is InChI=1S/C8H11F3N2O4/c9-8(10,11)6(14)17-13(7(15)16)12-5-3-1-2-4-5/h5,12H,1-4H2,(H,15,16). The second-order valence-corrected chi connectivity index (χ2v) is 3.56. The fourth-order valence-electron chi connectivity index (χ4n) is 1.48. The molecule has 0 saturated heterocycles. The summed E-state index contributed by atoms with van der Waals surface area (Å²) in [6.07, 6.45) is -4.11. The predicted molar refractivity (Wildman–Crippen MR) is 47.4 cm³/mol. The molecule has 0 unspecified atom stereocenters. The first-order valence-electron chi connectivity index (χ1n) is 4.89. The van der Waals surface area contributed by atoms with Crippen LogP contribution in [0.4, 0.5) is 18.0 Å². The maximum absolute atomic E-state index is 11.9. The van der Waals surface area contributed by atoms with Gasteiger partial charge in [0.1, 0.15) is 0 Å². The number of nitrogens with one attached hydrogen (secondary N) is 1. The SMILES string of the molecule is O=C(O)N(NC1CCCC1)OC(=O)C(F)(F)F. The van der Waals surface area contributed by atoms with Crippen molar-refractivity contribution < 1.29 is 32.7 Å². The summed E-state index contributed by atoms with van der Waals surface area (Å²) >= 11 is 0. The number of carboxylic acid groups (broad SMARTS) is 1. The molecule has 1 aliphatic carbocycles. The molecule has 0 aromatic carbocycles. The Morgan fingerprint density at radius 2 is 1.82 bits per heavy atom. The number of carbonyl (C=O) groups excluding carboxylic acids is 1. The van der Waals surface area contributed by atoms with Crippen LogP contribution in [0.5, 0.6) is 0 Å². The van der Waals surface area contributed by atoms with Crippen LogP contribution in [0.2, 0.25) is 0 Å². The van der Waals surface area contributed by atoms with Crippen LogP contribution in [0.25, 0.3) is 0 Å². The van der Waals surface area contributed by atoms with Gasteiger partial charge in [0.05, 0.1) is 0 Å². The molecule has 1 aliphatic rings. The molecule has 1 fully saturated rings. The highest BCUT2D eigenvalue weighted by Gasteiger charge is 2.44. The van der Waals surface area contributed by atoms with Crippen LogP contribution < -0.4 is 5.43 Å². The molecule has 0 spiro atoms. The molecule has 0 aliphatic heterocycles. The lowest BCUT2D eigenvalue weighted by molar-refractivity contribution is -0.240. The Bertz CT molecular complexity index is 302. The molecule has 2 N–H and O–H groups in total. The van der Waals surface area contributed by atoms with E-state index in [0.29, 0.717) is 12.8 Å². The van der Waals surface area contributed by atoms with Crippen LogP contribution in [0, 0.1) is 0 Å². The van der Waals surface area contributed by atoms with Crippen molar-refractivity contribution in [1.82, 2.24) is 10.6 Å². The lowest BCUT2D eigenvalue weighted by atomic mass is 10.3. The van der Waals surface area contributed by atoms with E-state index in [1.165, 1.54) is 0 Å². The average Bonchev–Trinajstić information content (AvgIpc) is 2.67. The summed E-state index contributed by atoms with van der Waals surface area (Å²) in [6.45, 7) is 0. The van der Waals surface area contributed by atoms with Gasteiger partial charge in [0, 0.05) is 6.04 Å². The molecule has 98 valence electrons. The van der Waals surface area contributed by atoms with Crippen molar-refractivity contribution in [2.45, 2.75) is 37.9 Å². The number of hydrazine groups is 1. The van der Waals surface area contributed by atoms with Gasteiger partial charge in [0.2, 0.25) is 0 Å². The van der Waals surface area contributed by atoms with Crippen LogP contribution in [0.15, 0.2) is 0 Å². The fourth-order valence-corrected chi connectivity index (χ4v) is 1.48. The second kappa shape index (κ2) is 5.21. The van der Waals surface area contributed by atoms with Crippen molar-refractivity contribution in [2.24, 2.45) is 0 Å². The Morgan fingerprint density at radius 1 is 1.29 bits per heavy atom. The zero-order valence-electron chi connectivity index (χ0n) is 8.66. The first-order chi connectivity index (χ1) is 7.80. The van der Waals surface area contributed by atoms with Crippen molar-refractivity contribution in [2.75, 3.05) is 0 Å². The highest BCUT2D eigenvalue weighted by molar-refractivity contribution is 5.77. The van der Waals surface area contributed by atoms with Crippen molar-refractivity contribution in [3.8, 4) is 0 Å². The maximum atomic E-state index is 11.9. The van der Waals surface area contributed by atoms with Gasteiger partial charge < -0.3 is 9.94 Å². The molecule has 17 heavy (non-hydrogen) atoms. The lowest BCUT2D eigenvalue weighted by Crippen LogP contribution is -2.49. The van der Waals surface area contributed by atoms with Crippen molar-refractivity contribution in [1.29, 1.82) is 0 Å². The number of alkyl halides is 3. The topological polar surface area (TPSA) is 78.9 Å². The van der Waals surface area contributed by atoms with E-state index in [9.17, 15) is 22.8 Å². The highest BCUT2D eigenvalue weighted by atomic mass is 19.4. The largest absolute Gasteiger partial charge is 0.493 e. The van der Waals surface area contributed by atoms with Crippen LogP contribution in [0.3, 0.4) is 0 Å². The number of nitrogens with zero attached hydrogens (tertiary/aromatic N) is 1. The third-order valence-electron chi connectivity index (χ3n) is 2.23. The molecule has 0 heterocycles. The van der Waals surface area contributed by atoms with Gasteiger partial charge in [-0.1, -0.05) is 18.0 Å². The number of halogens is 3. The zero-order chi connectivity index (χ0) is 13.1. The molecule has 0 aromatic rings. The summed E-state index contributed by atoms with van der Waals surface area (Å²) in [5.74, 6) is -2.58. The van der Waals surface area contributed by atoms with E-state index in [1.807, 2.05) is 0 Å². The van der Waals surface area contributed by atoms with E-state index in [1.54, 1.807) is 0 Å². The molecule has 6 nitrogen and oxygen atoms in total. The lowest BCUT2D eigenvalue weighted by Gasteiger charge is -2.22. The highest BCUT2D eigenvalue weighted by Crippen LogP contribution is 2.20. The molecule has 1 rings (SSSR count). The van der Waals surface area contributed by atoms with E-state index < -0.39 is 18.2 Å². The van der Waals surface area contributed by atoms with Gasteiger partial charge in [-0.25, -0.2) is 9.59 Å². The third-order valence-corrected chi connectivity index (χ3v) is 2.23. The quantitative estimate of drug-likeness (QED) is 0.731. The number of hydroxylamine groups is 1. The van der Waals surface area contributed by atoms with Crippen LogP contribution in [0.1, 0.15) is 25.7 Å². The first kappa shape index (κ1) is 13.6. The molecule has 1 saturated carbocycles. The molecule has 1 amide bonds. The van der Waals surface area contributed by atoms with Gasteiger partial charge in [-0.2, -0.15) is 18.6 Å². The summed E-state index contributed by atoms with van der Waals surface area (Å²) in [5.41, 5.74) is 2.21. The van der Waals surface area contributed by atoms with Crippen molar-refractivity contribution in [3.63, 3.8) is 0 Å². The summed E-state index contributed by atoms with van der Waals surface area (Å²) in [6, 6.07) is -0.299. The number of amides is 1. The minimum absolute atomic E-state index is 0.189. The monoisotopic (exact) mass is 256 g/mol. The Kier molecular flexibility index (Phi) is 4.16. The normalized spacial score (nSPS) is 16.9. The van der Waals surface area contributed by atoms with Crippen molar-refractivity contribution >= 4 is 12.1 Å². The predicted octanol–water partition coefficient (Wildman–Crippen LogP) is 1.43. The van der Waals surface area contributed by atoms with E-state index in [0.717, 1.165) is 12.8 Å². The van der Waals surface area contributed by atoms with Gasteiger partial charge in [-0.05, 0) is 12.8 Å². The number of hydrogen-bond donors (Lipinski definition) is 2. The summed E-state index contributed by atoms with van der Waals surface area (Å²) in [4.78, 5) is 24.7. The molecule has 9 heteroatoms. The number of rotatable bonds is 2. The van der Waals surface area contributed by atoms with E-state index in [2.05, 4.69) is 10.3 Å². The Morgan fingerprint density at radius 3 is 2.24 bits per heavy atom. The smallest absolute Gasteiger partial charge is 0.462 e. The van der Waals surface area contributed by atoms with Gasteiger partial charge >= 0.3 is 18.2 Å². The zero-order valence-corrected chi connectivity index (χ0v) is 8.66. The van der Waals surface area contributed by atoms with Crippen LogP contribution in [-0.2, 0) is 9.63 Å². The minimum atomic E-state index is -5.23. The molecule has 0 atom stereocenters. The van der Waals surface area contributed by atoms with Gasteiger partial charge in [-0.3, -0.25) is 0 Å². The van der Waals surface area contributed by atoms with Crippen molar-refractivity contribution in [3.05, 3.63) is 0 Å². The molecule has 0 bridgehead atoms. The van der Waals surface area contributed by atoms with Gasteiger partial charge in [0.15, 0.2) is 0 Å². The number of carbonyl (C=O) groups is 2.